The first-order valence-electron chi connectivity index (χ1n) is 7.40. The number of carbonyl (C=O) groups excluding carboxylic acids is 1. The van der Waals surface area contributed by atoms with Crippen LogP contribution in [0.5, 0.6) is 0 Å². The first-order valence-corrected chi connectivity index (χ1v) is 8.03. The van der Waals surface area contributed by atoms with Gasteiger partial charge in [-0.1, -0.05) is 13.0 Å². The van der Waals surface area contributed by atoms with Gasteiger partial charge in [-0.05, 0) is 31.4 Å². The van der Waals surface area contributed by atoms with E-state index in [0.29, 0.717) is 38.4 Å². The zero-order valence-electron chi connectivity index (χ0n) is 12.9. The van der Waals surface area contributed by atoms with Gasteiger partial charge in [-0.2, -0.15) is 17.0 Å². The molecule has 0 saturated carbocycles. The zero-order chi connectivity index (χ0) is 15.9. The van der Waals surface area contributed by atoms with Crippen LogP contribution in [-0.2, 0) is 14.3 Å². The van der Waals surface area contributed by atoms with Crippen molar-refractivity contribution in [1.82, 2.24) is 5.32 Å². The summed E-state index contributed by atoms with van der Waals surface area (Å²) in [5.41, 5.74) is 0.819. The number of nitrogens with one attached hydrogen (secondary N) is 1. The molecule has 0 saturated heterocycles. The maximum Gasteiger partial charge on any atom is 0.304 e. The number of methoxy groups -OCH3 is 1. The first-order chi connectivity index (χ1) is 10.1. The fraction of sp³-hybridized carbons (Fsp3) is 0.800. The Morgan fingerprint density at radius 1 is 1.29 bits per heavy atom. The van der Waals surface area contributed by atoms with Gasteiger partial charge in [-0.3, -0.25) is 4.79 Å². The predicted molar refractivity (Wildman–Crippen MR) is 86.4 cm³/mol. The van der Waals surface area contributed by atoms with Crippen LogP contribution in [0.3, 0.4) is 0 Å². The van der Waals surface area contributed by atoms with E-state index in [9.17, 15) is 9.18 Å². The highest BCUT2D eigenvalue weighted by Crippen LogP contribution is 2.17. The summed E-state index contributed by atoms with van der Waals surface area (Å²) >= 11 is 4.08. The van der Waals surface area contributed by atoms with Crippen molar-refractivity contribution in [2.45, 2.75) is 32.1 Å². The number of rotatable bonds is 15. The molecule has 21 heavy (non-hydrogen) atoms. The van der Waals surface area contributed by atoms with Crippen molar-refractivity contribution in [3.8, 4) is 0 Å². The fourth-order valence-electron chi connectivity index (χ4n) is 1.88. The van der Waals surface area contributed by atoms with Crippen LogP contribution in [0.2, 0.25) is 0 Å². The molecule has 0 amide bonds. The van der Waals surface area contributed by atoms with Gasteiger partial charge in [-0.25, -0.2) is 0 Å². The summed E-state index contributed by atoms with van der Waals surface area (Å²) in [4.78, 5) is 10.8. The number of hydrogen-bond donors (Lipinski definition) is 2. The fourth-order valence-corrected chi connectivity index (χ4v) is 2.06. The Morgan fingerprint density at radius 2 is 2.00 bits per heavy atom. The van der Waals surface area contributed by atoms with E-state index in [2.05, 4.69) is 24.5 Å². The molecule has 0 aromatic rings. The van der Waals surface area contributed by atoms with Crippen molar-refractivity contribution in [2.75, 3.05) is 39.2 Å². The van der Waals surface area contributed by atoms with E-state index in [4.69, 9.17) is 9.47 Å². The van der Waals surface area contributed by atoms with Crippen molar-refractivity contribution >= 4 is 18.7 Å². The molecule has 0 aromatic heterocycles. The molecule has 124 valence electrons. The molecule has 0 radical (unpaired) electrons. The zero-order valence-corrected chi connectivity index (χ0v) is 13.8. The number of ether oxygens (including phenoxy) is 2. The van der Waals surface area contributed by atoms with E-state index in [-0.39, 0.29) is 0 Å². The third kappa shape index (κ3) is 12.8. The van der Waals surface area contributed by atoms with E-state index in [1.54, 1.807) is 7.11 Å². The molecule has 0 aromatic carbocycles. The number of thiol groups is 1. The van der Waals surface area contributed by atoms with Crippen molar-refractivity contribution in [3.63, 3.8) is 0 Å². The summed E-state index contributed by atoms with van der Waals surface area (Å²) in [6.45, 7) is 6.18. The number of halogens is 1. The van der Waals surface area contributed by atoms with Crippen molar-refractivity contribution in [2.24, 2.45) is 5.92 Å². The number of hydrogen-bond acceptors (Lipinski definition) is 5. The smallest absolute Gasteiger partial charge is 0.304 e. The molecule has 0 aliphatic carbocycles. The van der Waals surface area contributed by atoms with Gasteiger partial charge in [0.2, 0.25) is 0 Å². The SMILES string of the molecule is C=C(COCCOC)NCCCCC(CCCS)C(=O)F. The van der Waals surface area contributed by atoms with Crippen LogP contribution in [0.15, 0.2) is 12.3 Å². The second-order valence-electron chi connectivity index (χ2n) is 4.94. The molecule has 1 unspecified atom stereocenters. The second kappa shape index (κ2) is 14.4. The number of carbonyl (C=O) groups is 1. The van der Waals surface area contributed by atoms with Crippen LogP contribution in [-0.4, -0.2) is 45.3 Å². The molecule has 0 fully saturated rings. The Hall–Kier alpha value is -0.590. The normalized spacial score (nSPS) is 12.1. The Labute approximate surface area is 132 Å². The van der Waals surface area contributed by atoms with Crippen molar-refractivity contribution in [1.29, 1.82) is 0 Å². The van der Waals surface area contributed by atoms with Crippen LogP contribution in [0.4, 0.5) is 4.39 Å². The molecule has 1 atom stereocenters. The van der Waals surface area contributed by atoms with E-state index >= 15 is 0 Å². The molecule has 0 heterocycles. The molecule has 0 rings (SSSR count). The maximum absolute atomic E-state index is 12.8. The Kier molecular flexibility index (Phi) is 13.9. The van der Waals surface area contributed by atoms with Crippen LogP contribution in [0.1, 0.15) is 32.1 Å². The van der Waals surface area contributed by atoms with E-state index in [1.165, 1.54) is 0 Å². The highest BCUT2D eigenvalue weighted by Gasteiger charge is 2.16. The topological polar surface area (TPSA) is 47.6 Å². The van der Waals surface area contributed by atoms with E-state index < -0.39 is 12.0 Å². The van der Waals surface area contributed by atoms with Crippen LogP contribution in [0, 0.1) is 5.92 Å². The minimum Gasteiger partial charge on any atom is -0.387 e. The van der Waals surface area contributed by atoms with Gasteiger partial charge in [0.15, 0.2) is 0 Å². The highest BCUT2D eigenvalue weighted by atomic mass is 32.1. The number of unbranched alkanes of at least 4 members (excludes halogenated alkanes) is 1. The molecule has 1 N–H and O–H groups in total. The third-order valence-corrected chi connectivity index (χ3v) is 3.41. The van der Waals surface area contributed by atoms with Gasteiger partial charge < -0.3 is 14.8 Å². The molecule has 0 spiro atoms. The molecular formula is C15H28FNO3S. The summed E-state index contributed by atoms with van der Waals surface area (Å²) in [6, 6.07) is -1.19. The van der Waals surface area contributed by atoms with E-state index in [1.807, 2.05) is 0 Å². The lowest BCUT2D eigenvalue weighted by molar-refractivity contribution is -0.134. The lowest BCUT2D eigenvalue weighted by atomic mass is 9.98. The van der Waals surface area contributed by atoms with Gasteiger partial charge in [-0.15, -0.1) is 0 Å². The molecule has 6 heteroatoms. The minimum absolute atomic E-state index is 0.455. The van der Waals surface area contributed by atoms with Gasteiger partial charge in [0, 0.05) is 25.3 Å². The monoisotopic (exact) mass is 321 g/mol. The van der Waals surface area contributed by atoms with Crippen LogP contribution in [0.25, 0.3) is 0 Å². The predicted octanol–water partition coefficient (Wildman–Crippen LogP) is 2.75. The van der Waals surface area contributed by atoms with Crippen molar-refractivity contribution in [3.05, 3.63) is 12.3 Å². The highest BCUT2D eigenvalue weighted by molar-refractivity contribution is 7.80. The average Bonchev–Trinajstić information content (AvgIpc) is 2.46. The Balaban J connectivity index is 3.55. The van der Waals surface area contributed by atoms with Gasteiger partial charge in [0.1, 0.15) is 0 Å². The van der Waals surface area contributed by atoms with Crippen LogP contribution < -0.4 is 5.32 Å². The molecule has 4 nitrogen and oxygen atoms in total. The van der Waals surface area contributed by atoms with Gasteiger partial charge in [0.05, 0.1) is 19.8 Å². The lowest BCUT2D eigenvalue weighted by Crippen LogP contribution is -2.19. The summed E-state index contributed by atoms with van der Waals surface area (Å²) in [5.74, 6) is 0.228. The van der Waals surface area contributed by atoms with Gasteiger partial charge >= 0.3 is 6.04 Å². The average molecular weight is 321 g/mol. The Bertz CT molecular complexity index is 290. The third-order valence-electron chi connectivity index (χ3n) is 3.09. The van der Waals surface area contributed by atoms with Crippen molar-refractivity contribution < 1.29 is 18.7 Å². The minimum atomic E-state index is -1.19. The second-order valence-corrected chi connectivity index (χ2v) is 5.39. The summed E-state index contributed by atoms with van der Waals surface area (Å²) < 4.78 is 23.0. The van der Waals surface area contributed by atoms with E-state index in [0.717, 1.165) is 31.5 Å². The Morgan fingerprint density at radius 3 is 2.62 bits per heavy atom. The molecule has 0 aliphatic rings. The molecule has 0 bridgehead atoms. The summed E-state index contributed by atoms with van der Waals surface area (Å²) in [6.07, 6.45) is 3.66. The van der Waals surface area contributed by atoms with Gasteiger partial charge in [0.25, 0.3) is 0 Å². The standard InChI is InChI=1S/C15H28FNO3S/c1-13(12-20-10-9-19-2)17-8-4-3-6-14(15(16)18)7-5-11-21/h14,17,21H,1,3-12H2,2H3. The summed E-state index contributed by atoms with van der Waals surface area (Å²) in [7, 11) is 1.63. The lowest BCUT2D eigenvalue weighted by Gasteiger charge is -2.12. The van der Waals surface area contributed by atoms with Crippen LogP contribution >= 0.6 is 12.6 Å². The first kappa shape index (κ1) is 20.4. The summed E-state index contributed by atoms with van der Waals surface area (Å²) in [5, 5.41) is 3.15. The molecular weight excluding hydrogens is 293 g/mol. The molecule has 0 aliphatic heterocycles. The largest absolute Gasteiger partial charge is 0.387 e. The maximum atomic E-state index is 12.8. The quantitative estimate of drug-likeness (QED) is 0.277.